The lowest BCUT2D eigenvalue weighted by Crippen LogP contribution is -2.22. The molecule has 0 aliphatic carbocycles. The standard InChI is InChI=1S/C12H15FO5S/c1-8(2)19(16,17)6-5-18-11-4-3-9(13)7-10(11)12(14)15/h3-4,7-8H,5-6H2,1-2H3,(H,14,15). The minimum Gasteiger partial charge on any atom is -0.492 e. The van der Waals surface area contributed by atoms with Crippen LogP contribution in [0.2, 0.25) is 0 Å². The van der Waals surface area contributed by atoms with Crippen molar-refractivity contribution in [3.05, 3.63) is 29.6 Å². The Labute approximate surface area is 110 Å². The second-order valence-corrected chi connectivity index (χ2v) is 6.89. The van der Waals surface area contributed by atoms with Crippen molar-refractivity contribution >= 4 is 15.8 Å². The smallest absolute Gasteiger partial charge is 0.339 e. The number of carboxylic acids is 1. The van der Waals surface area contributed by atoms with E-state index < -0.39 is 26.9 Å². The summed E-state index contributed by atoms with van der Waals surface area (Å²) in [5.74, 6) is -2.30. The van der Waals surface area contributed by atoms with Crippen LogP contribution in [0.15, 0.2) is 18.2 Å². The lowest BCUT2D eigenvalue weighted by Gasteiger charge is -2.11. The molecule has 0 amide bonds. The molecule has 0 saturated heterocycles. The van der Waals surface area contributed by atoms with Crippen LogP contribution in [0.4, 0.5) is 4.39 Å². The third-order valence-electron chi connectivity index (χ3n) is 2.52. The van der Waals surface area contributed by atoms with Crippen LogP contribution in [-0.4, -0.2) is 37.1 Å². The Balaban J connectivity index is 2.77. The van der Waals surface area contributed by atoms with E-state index in [2.05, 4.69) is 0 Å². The quantitative estimate of drug-likeness (QED) is 0.863. The van der Waals surface area contributed by atoms with Crippen LogP contribution >= 0.6 is 0 Å². The van der Waals surface area contributed by atoms with Gasteiger partial charge >= 0.3 is 5.97 Å². The van der Waals surface area contributed by atoms with E-state index in [4.69, 9.17) is 9.84 Å². The summed E-state index contributed by atoms with van der Waals surface area (Å²) in [5, 5.41) is 8.35. The van der Waals surface area contributed by atoms with Crippen LogP contribution in [0.3, 0.4) is 0 Å². The number of hydrogen-bond acceptors (Lipinski definition) is 4. The normalized spacial score (nSPS) is 11.6. The average molecular weight is 290 g/mol. The summed E-state index contributed by atoms with van der Waals surface area (Å²) in [6.07, 6.45) is 0. The minimum absolute atomic E-state index is 0.0483. The Morgan fingerprint density at radius 1 is 1.42 bits per heavy atom. The molecule has 5 nitrogen and oxygen atoms in total. The second-order valence-electron chi connectivity index (χ2n) is 4.21. The second kappa shape index (κ2) is 6.01. The van der Waals surface area contributed by atoms with Gasteiger partial charge in [-0.25, -0.2) is 17.6 Å². The molecule has 0 unspecified atom stereocenters. The fourth-order valence-corrected chi connectivity index (χ4v) is 2.09. The highest BCUT2D eigenvalue weighted by Crippen LogP contribution is 2.19. The number of hydrogen-bond donors (Lipinski definition) is 1. The molecule has 0 fully saturated rings. The highest BCUT2D eigenvalue weighted by atomic mass is 32.2. The third kappa shape index (κ3) is 4.20. The number of halogens is 1. The van der Waals surface area contributed by atoms with E-state index in [1.54, 1.807) is 13.8 Å². The molecule has 7 heteroatoms. The highest BCUT2D eigenvalue weighted by Gasteiger charge is 2.17. The number of benzene rings is 1. The maximum atomic E-state index is 12.9. The van der Waals surface area contributed by atoms with Crippen molar-refractivity contribution < 1.29 is 27.4 Å². The Morgan fingerprint density at radius 3 is 2.58 bits per heavy atom. The van der Waals surface area contributed by atoms with Gasteiger partial charge in [0.25, 0.3) is 0 Å². The number of carbonyl (C=O) groups is 1. The van der Waals surface area contributed by atoms with Crippen molar-refractivity contribution in [2.24, 2.45) is 0 Å². The zero-order chi connectivity index (χ0) is 14.6. The molecule has 0 bridgehead atoms. The SMILES string of the molecule is CC(C)S(=O)(=O)CCOc1ccc(F)cc1C(=O)O. The summed E-state index contributed by atoms with van der Waals surface area (Å²) in [6.45, 7) is 2.93. The topological polar surface area (TPSA) is 80.7 Å². The van der Waals surface area contributed by atoms with Crippen molar-refractivity contribution in [1.29, 1.82) is 0 Å². The molecule has 106 valence electrons. The maximum absolute atomic E-state index is 12.9. The summed E-state index contributed by atoms with van der Waals surface area (Å²) in [4.78, 5) is 10.9. The van der Waals surface area contributed by atoms with E-state index in [-0.39, 0.29) is 23.7 Å². The summed E-state index contributed by atoms with van der Waals surface area (Å²) >= 11 is 0. The molecular formula is C12H15FO5S. The number of ether oxygens (including phenoxy) is 1. The molecule has 1 rings (SSSR count). The van der Waals surface area contributed by atoms with Gasteiger partial charge in [-0.1, -0.05) is 0 Å². The Morgan fingerprint density at radius 2 is 2.05 bits per heavy atom. The largest absolute Gasteiger partial charge is 0.492 e. The molecule has 19 heavy (non-hydrogen) atoms. The number of rotatable bonds is 6. The third-order valence-corrected chi connectivity index (χ3v) is 4.69. The first-order valence-corrected chi connectivity index (χ1v) is 7.33. The van der Waals surface area contributed by atoms with Crippen LogP contribution in [0.5, 0.6) is 5.75 Å². The van der Waals surface area contributed by atoms with E-state index in [0.29, 0.717) is 0 Å². The molecular weight excluding hydrogens is 275 g/mol. The molecule has 0 spiro atoms. The van der Waals surface area contributed by atoms with Crippen LogP contribution in [0.1, 0.15) is 24.2 Å². The zero-order valence-electron chi connectivity index (χ0n) is 10.6. The van der Waals surface area contributed by atoms with Gasteiger partial charge in [0, 0.05) is 0 Å². The summed E-state index contributed by atoms with van der Waals surface area (Å²) in [5.41, 5.74) is -0.332. The zero-order valence-corrected chi connectivity index (χ0v) is 11.4. The van der Waals surface area contributed by atoms with Crippen LogP contribution in [0.25, 0.3) is 0 Å². The maximum Gasteiger partial charge on any atom is 0.339 e. The predicted molar refractivity (Wildman–Crippen MR) is 67.8 cm³/mol. The van der Waals surface area contributed by atoms with Crippen LogP contribution < -0.4 is 4.74 Å². The van der Waals surface area contributed by atoms with E-state index in [9.17, 15) is 17.6 Å². The Bertz CT molecular complexity index is 565. The first-order valence-electron chi connectivity index (χ1n) is 5.61. The van der Waals surface area contributed by atoms with E-state index in [1.165, 1.54) is 6.07 Å². The van der Waals surface area contributed by atoms with Crippen molar-refractivity contribution in [3.8, 4) is 5.75 Å². The van der Waals surface area contributed by atoms with Gasteiger partial charge in [-0.05, 0) is 32.0 Å². The molecule has 0 aromatic heterocycles. The van der Waals surface area contributed by atoms with Gasteiger partial charge in [0.15, 0.2) is 9.84 Å². The highest BCUT2D eigenvalue weighted by molar-refractivity contribution is 7.91. The molecule has 1 aromatic rings. The van der Waals surface area contributed by atoms with Crippen LogP contribution in [-0.2, 0) is 9.84 Å². The van der Waals surface area contributed by atoms with Gasteiger partial charge in [-0.15, -0.1) is 0 Å². The first-order chi connectivity index (χ1) is 8.74. The minimum atomic E-state index is -3.26. The van der Waals surface area contributed by atoms with Crippen molar-refractivity contribution in [2.45, 2.75) is 19.1 Å². The number of aromatic carboxylic acids is 1. The Kier molecular flexibility index (Phi) is 4.88. The van der Waals surface area contributed by atoms with Gasteiger partial charge in [-0.3, -0.25) is 0 Å². The van der Waals surface area contributed by atoms with Gasteiger partial charge in [0.2, 0.25) is 0 Å². The van der Waals surface area contributed by atoms with E-state index in [0.717, 1.165) is 12.1 Å². The van der Waals surface area contributed by atoms with Crippen molar-refractivity contribution in [3.63, 3.8) is 0 Å². The molecule has 0 heterocycles. The number of sulfone groups is 1. The molecule has 0 atom stereocenters. The predicted octanol–water partition coefficient (Wildman–Crippen LogP) is 1.73. The van der Waals surface area contributed by atoms with Gasteiger partial charge in [0.05, 0.1) is 11.0 Å². The fraction of sp³-hybridized carbons (Fsp3) is 0.417. The number of carboxylic acid groups (broad SMARTS) is 1. The Hall–Kier alpha value is -1.63. The average Bonchev–Trinajstić information content (AvgIpc) is 2.30. The van der Waals surface area contributed by atoms with E-state index in [1.807, 2.05) is 0 Å². The summed E-state index contributed by atoms with van der Waals surface area (Å²) in [7, 11) is -3.26. The molecule has 1 N–H and O–H groups in total. The fourth-order valence-electron chi connectivity index (χ4n) is 1.30. The lowest BCUT2D eigenvalue weighted by atomic mass is 10.2. The first kappa shape index (κ1) is 15.4. The molecule has 0 aliphatic rings. The molecule has 0 saturated carbocycles. The summed E-state index contributed by atoms with van der Waals surface area (Å²) < 4.78 is 41.1. The van der Waals surface area contributed by atoms with Gasteiger partial charge in [0.1, 0.15) is 23.7 Å². The van der Waals surface area contributed by atoms with Crippen molar-refractivity contribution in [1.82, 2.24) is 0 Å². The van der Waals surface area contributed by atoms with E-state index >= 15 is 0 Å². The monoisotopic (exact) mass is 290 g/mol. The lowest BCUT2D eigenvalue weighted by molar-refractivity contribution is 0.0692. The van der Waals surface area contributed by atoms with Crippen LogP contribution in [0, 0.1) is 5.82 Å². The molecule has 1 aromatic carbocycles. The van der Waals surface area contributed by atoms with Crippen molar-refractivity contribution in [2.75, 3.05) is 12.4 Å². The molecule has 0 aliphatic heterocycles. The van der Waals surface area contributed by atoms with Gasteiger partial charge in [-0.2, -0.15) is 0 Å². The molecule has 0 radical (unpaired) electrons. The summed E-state index contributed by atoms with van der Waals surface area (Å²) in [6, 6.07) is 3.05. The van der Waals surface area contributed by atoms with Gasteiger partial charge < -0.3 is 9.84 Å².